The molecule has 0 amide bonds. The van der Waals surface area contributed by atoms with E-state index in [2.05, 4.69) is 15.9 Å². The lowest BCUT2D eigenvalue weighted by Gasteiger charge is -2.09. The van der Waals surface area contributed by atoms with Gasteiger partial charge in [-0.3, -0.25) is 0 Å². The molecule has 0 unspecified atom stereocenters. The van der Waals surface area contributed by atoms with E-state index in [-0.39, 0.29) is 9.80 Å². The van der Waals surface area contributed by atoms with Crippen molar-refractivity contribution < 1.29 is 8.42 Å². The molecule has 0 aromatic heterocycles. The molecule has 5 heteroatoms. The van der Waals surface area contributed by atoms with Gasteiger partial charge in [0, 0.05) is 4.47 Å². The standard InChI is InChI=1S/C18H16BrNO2S/c1-12-8-13(2)18(14(3)9-12)10-17(11-20)23(21,22)16-6-4-15(19)5-7-16/h4-10H,1-3H3/b17-10+. The zero-order valence-electron chi connectivity index (χ0n) is 13.1. The van der Waals surface area contributed by atoms with Crippen LogP contribution in [0.4, 0.5) is 0 Å². The van der Waals surface area contributed by atoms with Crippen molar-refractivity contribution in [2.75, 3.05) is 0 Å². The molecular weight excluding hydrogens is 374 g/mol. The topological polar surface area (TPSA) is 57.9 Å². The van der Waals surface area contributed by atoms with Crippen molar-refractivity contribution in [3.8, 4) is 6.07 Å². The SMILES string of the molecule is Cc1cc(C)c(/C=C(\C#N)S(=O)(=O)c2ccc(Br)cc2)c(C)c1. The Morgan fingerprint density at radius 1 is 1.09 bits per heavy atom. The lowest BCUT2D eigenvalue weighted by molar-refractivity contribution is 0.603. The summed E-state index contributed by atoms with van der Waals surface area (Å²) < 4.78 is 26.1. The van der Waals surface area contributed by atoms with Crippen LogP contribution >= 0.6 is 15.9 Å². The Kier molecular flexibility index (Phi) is 5.08. The molecule has 0 N–H and O–H groups in total. The number of rotatable bonds is 3. The summed E-state index contributed by atoms with van der Waals surface area (Å²) >= 11 is 3.27. The highest BCUT2D eigenvalue weighted by Crippen LogP contribution is 2.25. The van der Waals surface area contributed by atoms with Crippen molar-refractivity contribution in [1.29, 1.82) is 5.26 Å². The molecule has 0 aliphatic heterocycles. The molecule has 0 bridgehead atoms. The highest BCUT2D eigenvalue weighted by molar-refractivity contribution is 9.10. The molecule has 0 atom stereocenters. The summed E-state index contributed by atoms with van der Waals surface area (Å²) in [6.07, 6.45) is 1.46. The van der Waals surface area contributed by atoms with E-state index < -0.39 is 9.84 Å². The maximum Gasteiger partial charge on any atom is 0.216 e. The Labute approximate surface area is 145 Å². The molecule has 23 heavy (non-hydrogen) atoms. The molecule has 2 aromatic carbocycles. The second-order valence-corrected chi connectivity index (χ2v) is 8.22. The van der Waals surface area contributed by atoms with Crippen molar-refractivity contribution in [3.63, 3.8) is 0 Å². The molecule has 2 aromatic rings. The first kappa shape index (κ1) is 17.5. The van der Waals surface area contributed by atoms with Gasteiger partial charge in [-0.05, 0) is 67.8 Å². The van der Waals surface area contributed by atoms with Gasteiger partial charge in [0.25, 0.3) is 0 Å². The molecule has 0 saturated heterocycles. The second kappa shape index (κ2) is 6.69. The van der Waals surface area contributed by atoms with E-state index in [0.717, 1.165) is 26.7 Å². The van der Waals surface area contributed by atoms with Crippen molar-refractivity contribution in [2.24, 2.45) is 0 Å². The molecule has 0 spiro atoms. The Morgan fingerprint density at radius 2 is 1.61 bits per heavy atom. The van der Waals surface area contributed by atoms with Crippen LogP contribution < -0.4 is 0 Å². The average Bonchev–Trinajstić information content (AvgIpc) is 2.46. The molecule has 0 heterocycles. The Bertz CT molecular complexity index is 897. The van der Waals surface area contributed by atoms with E-state index in [1.807, 2.05) is 39.0 Å². The minimum atomic E-state index is -3.83. The second-order valence-electron chi connectivity index (χ2n) is 5.39. The molecule has 0 radical (unpaired) electrons. The largest absolute Gasteiger partial charge is 0.218 e. The van der Waals surface area contributed by atoms with Gasteiger partial charge in [0.1, 0.15) is 11.0 Å². The van der Waals surface area contributed by atoms with E-state index in [1.165, 1.54) is 18.2 Å². The van der Waals surface area contributed by atoms with Gasteiger partial charge in [0.05, 0.1) is 4.90 Å². The number of benzene rings is 2. The third-order valence-corrected chi connectivity index (χ3v) is 5.75. The maximum absolute atomic E-state index is 12.7. The third-order valence-electron chi connectivity index (χ3n) is 3.54. The molecule has 2 rings (SSSR count). The summed E-state index contributed by atoms with van der Waals surface area (Å²) in [6.45, 7) is 5.80. The smallest absolute Gasteiger partial charge is 0.216 e. The number of hydrogen-bond acceptors (Lipinski definition) is 3. The van der Waals surface area contributed by atoms with Gasteiger partial charge in [-0.2, -0.15) is 5.26 Å². The maximum atomic E-state index is 12.7. The molecule has 118 valence electrons. The minimum Gasteiger partial charge on any atom is -0.218 e. The lowest BCUT2D eigenvalue weighted by atomic mass is 9.99. The van der Waals surface area contributed by atoms with E-state index in [0.29, 0.717) is 0 Å². The van der Waals surface area contributed by atoms with Crippen molar-refractivity contribution in [1.82, 2.24) is 0 Å². The van der Waals surface area contributed by atoms with Crippen LogP contribution in [0.1, 0.15) is 22.3 Å². The predicted octanol–water partition coefficient (Wildman–Crippen LogP) is 4.71. The van der Waals surface area contributed by atoms with E-state index in [1.54, 1.807) is 12.1 Å². The minimum absolute atomic E-state index is 0.107. The van der Waals surface area contributed by atoms with Gasteiger partial charge < -0.3 is 0 Å². The third kappa shape index (κ3) is 3.72. The van der Waals surface area contributed by atoms with Crippen molar-refractivity contribution in [3.05, 3.63) is 68.0 Å². The summed E-state index contributed by atoms with van der Waals surface area (Å²) in [4.78, 5) is -0.147. The molecule has 3 nitrogen and oxygen atoms in total. The summed E-state index contributed by atoms with van der Waals surface area (Å²) in [5.41, 5.74) is 3.77. The molecular formula is C18H16BrNO2S. The Balaban J connectivity index is 2.60. The van der Waals surface area contributed by atoms with Crippen LogP contribution in [-0.2, 0) is 9.84 Å². The van der Waals surface area contributed by atoms with Gasteiger partial charge in [-0.15, -0.1) is 0 Å². The number of halogens is 1. The monoisotopic (exact) mass is 389 g/mol. The van der Waals surface area contributed by atoms with E-state index in [4.69, 9.17) is 0 Å². The van der Waals surface area contributed by atoms with Gasteiger partial charge in [0.2, 0.25) is 9.84 Å². The zero-order valence-corrected chi connectivity index (χ0v) is 15.5. The van der Waals surface area contributed by atoms with Crippen LogP contribution in [-0.4, -0.2) is 8.42 Å². The van der Waals surface area contributed by atoms with Gasteiger partial charge in [0.15, 0.2) is 0 Å². The molecule has 0 aliphatic carbocycles. The van der Waals surface area contributed by atoms with Crippen LogP contribution in [0.15, 0.2) is 50.7 Å². The summed E-state index contributed by atoms with van der Waals surface area (Å²) in [5.74, 6) is 0. The highest BCUT2D eigenvalue weighted by Gasteiger charge is 2.21. The quantitative estimate of drug-likeness (QED) is 0.713. The number of nitriles is 1. The van der Waals surface area contributed by atoms with Crippen LogP contribution in [0.5, 0.6) is 0 Å². The van der Waals surface area contributed by atoms with Crippen LogP contribution in [0.25, 0.3) is 6.08 Å². The van der Waals surface area contributed by atoms with Crippen LogP contribution in [0.3, 0.4) is 0 Å². The average molecular weight is 390 g/mol. The van der Waals surface area contributed by atoms with Crippen LogP contribution in [0, 0.1) is 32.1 Å². The zero-order chi connectivity index (χ0) is 17.2. The van der Waals surface area contributed by atoms with Crippen LogP contribution in [0.2, 0.25) is 0 Å². The van der Waals surface area contributed by atoms with Gasteiger partial charge in [-0.25, -0.2) is 8.42 Å². The first-order valence-electron chi connectivity index (χ1n) is 6.96. The highest BCUT2D eigenvalue weighted by atomic mass is 79.9. The number of nitrogens with zero attached hydrogens (tertiary/aromatic N) is 1. The summed E-state index contributed by atoms with van der Waals surface area (Å²) in [7, 11) is -3.83. The first-order chi connectivity index (χ1) is 10.8. The fraction of sp³-hybridized carbons (Fsp3) is 0.167. The lowest BCUT2D eigenvalue weighted by Crippen LogP contribution is -2.04. The summed E-state index contributed by atoms with van der Waals surface area (Å²) in [6, 6.07) is 12.0. The molecule has 0 fully saturated rings. The normalized spacial score (nSPS) is 12.0. The van der Waals surface area contributed by atoms with E-state index in [9.17, 15) is 13.7 Å². The molecule has 0 saturated carbocycles. The Hall–Kier alpha value is -1.90. The van der Waals surface area contributed by atoms with Gasteiger partial charge >= 0.3 is 0 Å². The first-order valence-corrected chi connectivity index (χ1v) is 9.23. The van der Waals surface area contributed by atoms with Crippen molar-refractivity contribution in [2.45, 2.75) is 25.7 Å². The fourth-order valence-corrected chi connectivity index (χ4v) is 3.87. The van der Waals surface area contributed by atoms with E-state index >= 15 is 0 Å². The van der Waals surface area contributed by atoms with Crippen molar-refractivity contribution >= 4 is 31.8 Å². The number of allylic oxidation sites excluding steroid dienone is 1. The fourth-order valence-electron chi connectivity index (χ4n) is 2.46. The number of aryl methyl sites for hydroxylation is 3. The number of sulfone groups is 1. The summed E-state index contributed by atoms with van der Waals surface area (Å²) in [5, 5.41) is 9.37. The molecule has 0 aliphatic rings. The Morgan fingerprint density at radius 3 is 2.09 bits per heavy atom. The number of hydrogen-bond donors (Lipinski definition) is 0. The predicted molar refractivity (Wildman–Crippen MR) is 95.6 cm³/mol. The van der Waals surface area contributed by atoms with Gasteiger partial charge in [-0.1, -0.05) is 33.6 Å².